The lowest BCUT2D eigenvalue weighted by Gasteiger charge is -2.16. The zero-order valence-electron chi connectivity index (χ0n) is 12.1. The fourth-order valence-corrected chi connectivity index (χ4v) is 3.03. The standard InChI is InChI=1S/C15H20N2OS/c1-8(2)13-15(19-17-16-13)14(18)12-7-10(4)9(3)6-11(12)5/h6-8,14,18H,1-5H3. The van der Waals surface area contributed by atoms with Crippen LogP contribution < -0.4 is 0 Å². The van der Waals surface area contributed by atoms with E-state index < -0.39 is 6.10 Å². The largest absolute Gasteiger partial charge is 0.383 e. The molecule has 0 aliphatic heterocycles. The SMILES string of the molecule is Cc1cc(C)c(C(O)c2snnc2C(C)C)cc1C. The molecule has 0 aliphatic carbocycles. The molecular weight excluding hydrogens is 256 g/mol. The third kappa shape index (κ3) is 2.69. The Labute approximate surface area is 118 Å². The van der Waals surface area contributed by atoms with Crippen LogP contribution in [0.4, 0.5) is 0 Å². The Morgan fingerprint density at radius 1 is 1.05 bits per heavy atom. The Morgan fingerprint density at radius 3 is 2.32 bits per heavy atom. The van der Waals surface area contributed by atoms with E-state index in [0.29, 0.717) is 0 Å². The van der Waals surface area contributed by atoms with Gasteiger partial charge < -0.3 is 5.11 Å². The van der Waals surface area contributed by atoms with Gasteiger partial charge in [0.05, 0.1) is 10.6 Å². The third-order valence-electron chi connectivity index (χ3n) is 3.51. The van der Waals surface area contributed by atoms with Crippen molar-refractivity contribution in [2.75, 3.05) is 0 Å². The predicted molar refractivity (Wildman–Crippen MR) is 78.7 cm³/mol. The fraction of sp³-hybridized carbons (Fsp3) is 0.467. The van der Waals surface area contributed by atoms with Gasteiger partial charge in [0.2, 0.25) is 0 Å². The first-order valence-electron chi connectivity index (χ1n) is 6.49. The van der Waals surface area contributed by atoms with E-state index in [-0.39, 0.29) is 5.92 Å². The van der Waals surface area contributed by atoms with Crippen molar-refractivity contribution in [1.82, 2.24) is 9.59 Å². The molecule has 3 nitrogen and oxygen atoms in total. The molecule has 0 saturated heterocycles. The van der Waals surface area contributed by atoms with Crippen LogP contribution in [0.2, 0.25) is 0 Å². The number of hydrogen-bond donors (Lipinski definition) is 1. The molecule has 19 heavy (non-hydrogen) atoms. The Bertz CT molecular complexity index is 590. The van der Waals surface area contributed by atoms with E-state index in [1.165, 1.54) is 22.7 Å². The van der Waals surface area contributed by atoms with Crippen molar-refractivity contribution >= 4 is 11.5 Å². The van der Waals surface area contributed by atoms with Gasteiger partial charge in [-0.3, -0.25) is 0 Å². The van der Waals surface area contributed by atoms with Gasteiger partial charge in [-0.1, -0.05) is 30.5 Å². The molecule has 0 amide bonds. The van der Waals surface area contributed by atoms with Crippen LogP contribution in [-0.4, -0.2) is 14.7 Å². The van der Waals surface area contributed by atoms with Gasteiger partial charge in [-0.2, -0.15) is 0 Å². The first kappa shape index (κ1) is 14.2. The summed E-state index contributed by atoms with van der Waals surface area (Å²) in [5.41, 5.74) is 5.41. The van der Waals surface area contributed by atoms with Crippen LogP contribution in [0.15, 0.2) is 12.1 Å². The third-order valence-corrected chi connectivity index (χ3v) is 4.30. The smallest absolute Gasteiger partial charge is 0.117 e. The molecule has 102 valence electrons. The predicted octanol–water partition coefficient (Wildman–Crippen LogP) is 3.67. The highest BCUT2D eigenvalue weighted by Crippen LogP contribution is 2.33. The molecule has 1 heterocycles. The lowest BCUT2D eigenvalue weighted by molar-refractivity contribution is 0.221. The maximum Gasteiger partial charge on any atom is 0.117 e. The Balaban J connectivity index is 2.47. The van der Waals surface area contributed by atoms with Gasteiger partial charge in [0.1, 0.15) is 6.10 Å². The summed E-state index contributed by atoms with van der Waals surface area (Å²) in [6, 6.07) is 4.19. The number of hydrogen-bond acceptors (Lipinski definition) is 4. The van der Waals surface area contributed by atoms with E-state index in [1.807, 2.05) is 6.92 Å². The minimum atomic E-state index is -0.628. The summed E-state index contributed by atoms with van der Waals surface area (Å²) >= 11 is 1.29. The second-order valence-electron chi connectivity index (χ2n) is 5.37. The topological polar surface area (TPSA) is 46.0 Å². The fourth-order valence-electron chi connectivity index (χ4n) is 2.21. The van der Waals surface area contributed by atoms with Crippen LogP contribution in [0.1, 0.15) is 58.7 Å². The summed E-state index contributed by atoms with van der Waals surface area (Å²) in [7, 11) is 0. The Kier molecular flexibility index (Phi) is 4.02. The zero-order valence-corrected chi connectivity index (χ0v) is 12.9. The van der Waals surface area contributed by atoms with E-state index in [4.69, 9.17) is 0 Å². The lowest BCUT2D eigenvalue weighted by Crippen LogP contribution is -2.05. The van der Waals surface area contributed by atoms with E-state index >= 15 is 0 Å². The zero-order chi connectivity index (χ0) is 14.2. The number of aromatic nitrogens is 2. The van der Waals surface area contributed by atoms with Crippen LogP contribution >= 0.6 is 11.5 Å². The van der Waals surface area contributed by atoms with Crippen LogP contribution in [0.3, 0.4) is 0 Å². The van der Waals surface area contributed by atoms with Crippen molar-refractivity contribution in [3.63, 3.8) is 0 Å². The van der Waals surface area contributed by atoms with Gasteiger partial charge in [-0.05, 0) is 60.5 Å². The van der Waals surface area contributed by atoms with Crippen LogP contribution in [-0.2, 0) is 0 Å². The van der Waals surface area contributed by atoms with E-state index in [9.17, 15) is 5.11 Å². The second kappa shape index (κ2) is 5.39. The molecule has 2 rings (SSSR count). The van der Waals surface area contributed by atoms with Crippen molar-refractivity contribution in [2.45, 2.75) is 46.6 Å². The van der Waals surface area contributed by atoms with Crippen molar-refractivity contribution in [1.29, 1.82) is 0 Å². The highest BCUT2D eigenvalue weighted by atomic mass is 32.1. The number of benzene rings is 1. The Morgan fingerprint density at radius 2 is 1.68 bits per heavy atom. The number of aliphatic hydroxyl groups excluding tert-OH is 1. The molecular formula is C15H20N2OS. The maximum absolute atomic E-state index is 10.6. The molecule has 1 aromatic heterocycles. The molecule has 0 spiro atoms. The number of aryl methyl sites for hydroxylation is 3. The summed E-state index contributed by atoms with van der Waals surface area (Å²) in [4.78, 5) is 0.862. The number of aliphatic hydroxyl groups is 1. The first-order chi connectivity index (χ1) is 8.91. The maximum atomic E-state index is 10.6. The normalized spacial score (nSPS) is 13.0. The molecule has 1 N–H and O–H groups in total. The minimum Gasteiger partial charge on any atom is -0.383 e. The summed E-state index contributed by atoms with van der Waals surface area (Å²) in [5, 5.41) is 14.8. The molecule has 0 fully saturated rings. The molecule has 2 aromatic rings. The van der Waals surface area contributed by atoms with Gasteiger partial charge in [-0.25, -0.2) is 0 Å². The van der Waals surface area contributed by atoms with Crippen molar-refractivity contribution < 1.29 is 5.11 Å². The highest BCUT2D eigenvalue weighted by molar-refractivity contribution is 7.05. The molecule has 0 radical (unpaired) electrons. The Hall–Kier alpha value is -1.26. The monoisotopic (exact) mass is 276 g/mol. The first-order valence-corrected chi connectivity index (χ1v) is 7.27. The molecule has 4 heteroatoms. The van der Waals surface area contributed by atoms with Gasteiger partial charge in [0, 0.05) is 0 Å². The molecule has 0 aliphatic rings. The molecule has 1 aromatic carbocycles. The van der Waals surface area contributed by atoms with Crippen LogP contribution in [0.25, 0.3) is 0 Å². The molecule has 1 atom stereocenters. The quantitative estimate of drug-likeness (QED) is 0.930. The molecule has 1 unspecified atom stereocenters. The highest BCUT2D eigenvalue weighted by Gasteiger charge is 2.22. The minimum absolute atomic E-state index is 0.273. The van der Waals surface area contributed by atoms with Gasteiger partial charge in [0.15, 0.2) is 0 Å². The summed E-state index contributed by atoms with van der Waals surface area (Å²) in [6.07, 6.45) is -0.628. The van der Waals surface area contributed by atoms with Crippen LogP contribution in [0.5, 0.6) is 0 Å². The molecule has 0 bridgehead atoms. The van der Waals surface area contributed by atoms with E-state index in [0.717, 1.165) is 21.7 Å². The number of nitrogens with zero attached hydrogens (tertiary/aromatic N) is 2. The van der Waals surface area contributed by atoms with Crippen molar-refractivity contribution in [3.05, 3.63) is 45.0 Å². The van der Waals surface area contributed by atoms with Crippen molar-refractivity contribution in [3.8, 4) is 0 Å². The second-order valence-corrected chi connectivity index (χ2v) is 6.16. The number of rotatable bonds is 3. The molecule has 0 saturated carbocycles. The average Bonchev–Trinajstić information content (AvgIpc) is 2.82. The summed E-state index contributed by atoms with van der Waals surface area (Å²) < 4.78 is 3.99. The van der Waals surface area contributed by atoms with Crippen molar-refractivity contribution in [2.24, 2.45) is 0 Å². The average molecular weight is 276 g/mol. The summed E-state index contributed by atoms with van der Waals surface area (Å²) in [5.74, 6) is 0.273. The summed E-state index contributed by atoms with van der Waals surface area (Å²) in [6.45, 7) is 10.3. The van der Waals surface area contributed by atoms with Gasteiger partial charge in [0.25, 0.3) is 0 Å². The lowest BCUT2D eigenvalue weighted by atomic mass is 9.95. The van der Waals surface area contributed by atoms with Crippen LogP contribution in [0, 0.1) is 20.8 Å². The van der Waals surface area contributed by atoms with Gasteiger partial charge in [-0.15, -0.1) is 5.10 Å². The van der Waals surface area contributed by atoms with E-state index in [1.54, 1.807) is 0 Å². The van der Waals surface area contributed by atoms with Gasteiger partial charge >= 0.3 is 0 Å². The van der Waals surface area contributed by atoms with E-state index in [2.05, 4.69) is 49.4 Å².